The molecule has 0 aliphatic rings. The molecule has 0 spiro atoms. The minimum absolute atomic E-state index is 0. The average Bonchev–Trinajstić information content (AvgIpc) is 2.54. The molecular weight excluding hydrogens is 314 g/mol. The lowest BCUT2D eigenvalue weighted by Gasteiger charge is -2.39. The Labute approximate surface area is 161 Å². The SMILES string of the molecule is CCCCCCCC[N+](CCC)(CCC)CCCCCCCC.[Cl-]. The number of hydrogen-bond donors (Lipinski definition) is 0. The van der Waals surface area contributed by atoms with E-state index >= 15 is 0 Å². The second-order valence-corrected chi connectivity index (χ2v) is 7.77. The van der Waals surface area contributed by atoms with Crippen LogP contribution in [-0.4, -0.2) is 30.7 Å². The van der Waals surface area contributed by atoms with Crippen molar-refractivity contribution in [1.29, 1.82) is 0 Å². The van der Waals surface area contributed by atoms with Crippen LogP contribution in [0.25, 0.3) is 0 Å². The van der Waals surface area contributed by atoms with E-state index in [1.165, 1.54) is 121 Å². The van der Waals surface area contributed by atoms with Crippen LogP contribution >= 0.6 is 0 Å². The molecule has 0 aliphatic heterocycles. The molecule has 0 aliphatic carbocycles. The third kappa shape index (κ3) is 14.6. The maximum atomic E-state index is 2.38. The summed E-state index contributed by atoms with van der Waals surface area (Å²) >= 11 is 0. The van der Waals surface area contributed by atoms with Gasteiger partial charge in [-0.15, -0.1) is 0 Å². The maximum absolute atomic E-state index is 2.38. The Hall–Kier alpha value is 0.250. The first-order chi connectivity index (χ1) is 11.2. The standard InChI is InChI=1S/C22H48N.ClH/c1-5-9-11-13-15-17-21-23(19-7-3,20-8-4)22-18-16-14-12-10-6-2;/h5-22H2,1-4H3;1H/q+1;/p-1. The van der Waals surface area contributed by atoms with E-state index in [-0.39, 0.29) is 12.4 Å². The number of nitrogens with zero attached hydrogens (tertiary/aromatic N) is 1. The van der Waals surface area contributed by atoms with Gasteiger partial charge in [-0.1, -0.05) is 79.1 Å². The quantitative estimate of drug-likeness (QED) is 0.251. The molecule has 2 heteroatoms. The predicted octanol–water partition coefficient (Wildman–Crippen LogP) is 4.35. The van der Waals surface area contributed by atoms with Crippen molar-refractivity contribution in [3.05, 3.63) is 0 Å². The summed E-state index contributed by atoms with van der Waals surface area (Å²) in [6.45, 7) is 15.1. The van der Waals surface area contributed by atoms with Gasteiger partial charge in [0.1, 0.15) is 0 Å². The number of unbranched alkanes of at least 4 members (excludes halogenated alkanes) is 10. The molecule has 0 unspecified atom stereocenters. The van der Waals surface area contributed by atoms with Gasteiger partial charge >= 0.3 is 0 Å². The molecule has 0 aromatic rings. The minimum Gasteiger partial charge on any atom is -1.00 e. The summed E-state index contributed by atoms with van der Waals surface area (Å²) in [4.78, 5) is 0. The zero-order valence-electron chi connectivity index (χ0n) is 17.6. The molecule has 0 atom stereocenters. The van der Waals surface area contributed by atoms with Gasteiger partial charge in [-0.25, -0.2) is 0 Å². The zero-order chi connectivity index (χ0) is 17.2. The Bertz CT molecular complexity index is 206. The van der Waals surface area contributed by atoms with Gasteiger partial charge in [0.25, 0.3) is 0 Å². The third-order valence-electron chi connectivity index (χ3n) is 5.37. The Morgan fingerprint density at radius 3 is 1.04 bits per heavy atom. The molecule has 0 amide bonds. The van der Waals surface area contributed by atoms with Gasteiger partial charge in [0.15, 0.2) is 0 Å². The lowest BCUT2D eigenvalue weighted by atomic mass is 10.1. The predicted molar refractivity (Wildman–Crippen MR) is 107 cm³/mol. The van der Waals surface area contributed by atoms with E-state index in [0.717, 1.165) is 0 Å². The van der Waals surface area contributed by atoms with Gasteiger partial charge < -0.3 is 16.9 Å². The minimum atomic E-state index is 0. The van der Waals surface area contributed by atoms with E-state index in [1.54, 1.807) is 0 Å². The third-order valence-corrected chi connectivity index (χ3v) is 5.37. The van der Waals surface area contributed by atoms with Crippen LogP contribution in [-0.2, 0) is 0 Å². The molecule has 0 aromatic carbocycles. The van der Waals surface area contributed by atoms with Crippen LogP contribution in [0.1, 0.15) is 118 Å². The Kier molecular flexibility index (Phi) is 21.6. The molecular formula is C22H48ClN. The van der Waals surface area contributed by atoms with Crippen LogP contribution in [0.2, 0.25) is 0 Å². The van der Waals surface area contributed by atoms with Crippen LogP contribution in [0.15, 0.2) is 0 Å². The van der Waals surface area contributed by atoms with E-state index in [0.29, 0.717) is 0 Å². The lowest BCUT2D eigenvalue weighted by molar-refractivity contribution is -0.928. The summed E-state index contributed by atoms with van der Waals surface area (Å²) in [7, 11) is 0. The number of quaternary nitrogens is 1. The highest BCUT2D eigenvalue weighted by molar-refractivity contribution is 4.51. The Morgan fingerprint density at radius 1 is 0.375 bits per heavy atom. The molecule has 0 aromatic heterocycles. The van der Waals surface area contributed by atoms with Crippen LogP contribution in [0.4, 0.5) is 0 Å². The van der Waals surface area contributed by atoms with Crippen molar-refractivity contribution in [3.63, 3.8) is 0 Å². The summed E-state index contributed by atoms with van der Waals surface area (Å²) in [5, 5.41) is 0. The molecule has 24 heavy (non-hydrogen) atoms. The van der Waals surface area contributed by atoms with Crippen LogP contribution in [0, 0.1) is 0 Å². The number of halogens is 1. The normalized spacial score (nSPS) is 11.5. The first-order valence-electron chi connectivity index (χ1n) is 11.1. The highest BCUT2D eigenvalue weighted by Crippen LogP contribution is 2.17. The summed E-state index contributed by atoms with van der Waals surface area (Å²) in [5.74, 6) is 0. The maximum Gasteiger partial charge on any atom is 0.0786 e. The van der Waals surface area contributed by atoms with Crippen molar-refractivity contribution in [1.82, 2.24) is 0 Å². The topological polar surface area (TPSA) is 0 Å². The van der Waals surface area contributed by atoms with Crippen molar-refractivity contribution in [2.75, 3.05) is 26.2 Å². The Balaban J connectivity index is 0. The fraction of sp³-hybridized carbons (Fsp3) is 1.00. The first-order valence-corrected chi connectivity index (χ1v) is 11.1. The largest absolute Gasteiger partial charge is 1.00 e. The molecule has 0 heterocycles. The van der Waals surface area contributed by atoms with Crippen molar-refractivity contribution < 1.29 is 16.9 Å². The van der Waals surface area contributed by atoms with Crippen LogP contribution < -0.4 is 12.4 Å². The second kappa shape index (κ2) is 19.6. The van der Waals surface area contributed by atoms with Gasteiger partial charge in [-0.3, -0.25) is 0 Å². The van der Waals surface area contributed by atoms with E-state index in [4.69, 9.17) is 0 Å². The smallest absolute Gasteiger partial charge is 0.0786 e. The monoisotopic (exact) mass is 361 g/mol. The summed E-state index contributed by atoms with van der Waals surface area (Å²) < 4.78 is 1.43. The van der Waals surface area contributed by atoms with E-state index in [2.05, 4.69) is 27.7 Å². The first kappa shape index (κ1) is 26.5. The molecule has 1 nitrogen and oxygen atoms in total. The number of hydrogen-bond acceptors (Lipinski definition) is 0. The van der Waals surface area contributed by atoms with Crippen molar-refractivity contribution in [3.8, 4) is 0 Å². The molecule has 0 N–H and O–H groups in total. The van der Waals surface area contributed by atoms with Crippen molar-refractivity contribution >= 4 is 0 Å². The summed E-state index contributed by atoms with van der Waals surface area (Å²) in [5.41, 5.74) is 0. The highest BCUT2D eigenvalue weighted by Gasteiger charge is 2.24. The molecule has 0 bridgehead atoms. The second-order valence-electron chi connectivity index (χ2n) is 7.77. The fourth-order valence-electron chi connectivity index (χ4n) is 4.07. The number of rotatable bonds is 18. The van der Waals surface area contributed by atoms with Crippen molar-refractivity contribution in [2.45, 2.75) is 118 Å². The molecule has 148 valence electrons. The fourth-order valence-corrected chi connectivity index (χ4v) is 4.07. The molecule has 0 saturated carbocycles. The van der Waals surface area contributed by atoms with Gasteiger partial charge in [0.2, 0.25) is 0 Å². The average molecular weight is 362 g/mol. The molecule has 0 fully saturated rings. The summed E-state index contributed by atoms with van der Waals surface area (Å²) in [6.07, 6.45) is 20.0. The van der Waals surface area contributed by atoms with E-state index in [1.807, 2.05) is 0 Å². The van der Waals surface area contributed by atoms with Gasteiger partial charge in [-0.05, 0) is 38.5 Å². The molecule has 0 saturated heterocycles. The van der Waals surface area contributed by atoms with Gasteiger partial charge in [0.05, 0.1) is 26.2 Å². The molecule has 0 radical (unpaired) electrons. The van der Waals surface area contributed by atoms with Crippen LogP contribution in [0.5, 0.6) is 0 Å². The van der Waals surface area contributed by atoms with Gasteiger partial charge in [-0.2, -0.15) is 0 Å². The van der Waals surface area contributed by atoms with Crippen molar-refractivity contribution in [2.24, 2.45) is 0 Å². The van der Waals surface area contributed by atoms with Gasteiger partial charge in [0, 0.05) is 0 Å². The Morgan fingerprint density at radius 2 is 0.708 bits per heavy atom. The zero-order valence-corrected chi connectivity index (χ0v) is 18.3. The lowest BCUT2D eigenvalue weighted by Crippen LogP contribution is -3.00. The summed E-state index contributed by atoms with van der Waals surface area (Å²) in [6, 6.07) is 0. The van der Waals surface area contributed by atoms with E-state index < -0.39 is 0 Å². The highest BCUT2D eigenvalue weighted by atomic mass is 35.5. The van der Waals surface area contributed by atoms with Crippen LogP contribution in [0.3, 0.4) is 0 Å². The van der Waals surface area contributed by atoms with E-state index in [9.17, 15) is 0 Å². The molecule has 0 rings (SSSR count).